The quantitative estimate of drug-likeness (QED) is 0.829. The molecule has 0 aliphatic rings. The molecule has 0 saturated carbocycles. The zero-order valence-corrected chi connectivity index (χ0v) is 10.9. The molecule has 1 rings (SSSR count). The van der Waals surface area contributed by atoms with E-state index in [-0.39, 0.29) is 5.97 Å². The minimum atomic E-state index is -0.783. The number of carbonyl (C=O) groups is 1. The van der Waals surface area contributed by atoms with Crippen molar-refractivity contribution in [2.75, 3.05) is 0 Å². The molecule has 2 atom stereocenters. The molecule has 0 saturated heterocycles. The fraction of sp³-hybridized carbons (Fsp3) is 0.583. The van der Waals surface area contributed by atoms with Crippen LogP contribution in [0.15, 0.2) is 17.5 Å². The molecule has 0 bridgehead atoms. The average molecular weight is 242 g/mol. The predicted molar refractivity (Wildman–Crippen MR) is 64.3 cm³/mol. The van der Waals surface area contributed by atoms with Crippen molar-refractivity contribution in [2.24, 2.45) is 5.92 Å². The highest BCUT2D eigenvalue weighted by atomic mass is 32.1. The predicted octanol–water partition coefficient (Wildman–Crippen LogP) is 2.76. The number of rotatable bonds is 3. The number of hydrogen-bond acceptors (Lipinski definition) is 4. The van der Waals surface area contributed by atoms with Crippen LogP contribution in [0.25, 0.3) is 0 Å². The first-order chi connectivity index (χ1) is 7.31. The molecule has 1 N–H and O–H groups in total. The summed E-state index contributed by atoms with van der Waals surface area (Å²) in [5.41, 5.74) is -0.513. The maximum absolute atomic E-state index is 11.7. The zero-order chi connectivity index (χ0) is 12.3. The summed E-state index contributed by atoms with van der Waals surface area (Å²) in [6.45, 7) is 7.12. The van der Waals surface area contributed by atoms with Gasteiger partial charge in [0.2, 0.25) is 0 Å². The number of hydrogen-bond donors (Lipinski definition) is 1. The first kappa shape index (κ1) is 13.2. The molecular formula is C12H18O3S. The third-order valence-corrected chi connectivity index (χ3v) is 3.03. The number of thiophene rings is 1. The SMILES string of the molecule is CC(C(=O)OC(C)(C)C)C(O)c1cccs1. The van der Waals surface area contributed by atoms with Crippen molar-refractivity contribution in [1.29, 1.82) is 0 Å². The Morgan fingerprint density at radius 2 is 2.12 bits per heavy atom. The zero-order valence-electron chi connectivity index (χ0n) is 10.1. The van der Waals surface area contributed by atoms with Crippen molar-refractivity contribution in [3.8, 4) is 0 Å². The Labute approximate surface area is 100 Å². The summed E-state index contributed by atoms with van der Waals surface area (Å²) in [5, 5.41) is 11.8. The van der Waals surface area contributed by atoms with Gasteiger partial charge in [-0.15, -0.1) is 11.3 Å². The van der Waals surface area contributed by atoms with Crippen LogP contribution in [-0.4, -0.2) is 16.7 Å². The van der Waals surface area contributed by atoms with Gasteiger partial charge in [0, 0.05) is 4.88 Å². The highest BCUT2D eigenvalue weighted by Gasteiger charge is 2.28. The van der Waals surface area contributed by atoms with E-state index in [9.17, 15) is 9.90 Å². The van der Waals surface area contributed by atoms with E-state index >= 15 is 0 Å². The second-order valence-corrected chi connectivity index (χ2v) is 5.76. The Hall–Kier alpha value is -0.870. The summed E-state index contributed by atoms with van der Waals surface area (Å²) in [6.07, 6.45) is -0.783. The lowest BCUT2D eigenvalue weighted by molar-refractivity contribution is -0.163. The summed E-state index contributed by atoms with van der Waals surface area (Å²) in [6, 6.07) is 3.67. The molecule has 1 heterocycles. The molecule has 16 heavy (non-hydrogen) atoms. The molecule has 0 aromatic carbocycles. The van der Waals surface area contributed by atoms with Gasteiger partial charge >= 0.3 is 5.97 Å². The summed E-state index contributed by atoms with van der Waals surface area (Å²) in [7, 11) is 0. The minimum Gasteiger partial charge on any atom is -0.460 e. The standard InChI is InChI=1S/C12H18O3S/c1-8(11(14)15-12(2,3)4)10(13)9-6-5-7-16-9/h5-8,10,13H,1-4H3. The number of aliphatic hydroxyl groups is 1. The molecule has 0 spiro atoms. The van der Waals surface area contributed by atoms with Gasteiger partial charge in [0.25, 0.3) is 0 Å². The van der Waals surface area contributed by atoms with Crippen molar-refractivity contribution in [2.45, 2.75) is 39.4 Å². The van der Waals surface area contributed by atoms with Crippen LogP contribution in [0.4, 0.5) is 0 Å². The van der Waals surface area contributed by atoms with Crippen molar-refractivity contribution in [1.82, 2.24) is 0 Å². The monoisotopic (exact) mass is 242 g/mol. The molecular weight excluding hydrogens is 224 g/mol. The topological polar surface area (TPSA) is 46.5 Å². The van der Waals surface area contributed by atoms with E-state index in [4.69, 9.17) is 4.74 Å². The first-order valence-electron chi connectivity index (χ1n) is 5.25. The summed E-state index contributed by atoms with van der Waals surface area (Å²) >= 11 is 1.44. The molecule has 0 amide bonds. The van der Waals surface area contributed by atoms with Gasteiger partial charge in [0.05, 0.1) is 5.92 Å². The fourth-order valence-corrected chi connectivity index (χ4v) is 2.04. The molecule has 1 aromatic heterocycles. The van der Waals surface area contributed by atoms with Crippen molar-refractivity contribution < 1.29 is 14.6 Å². The number of aliphatic hydroxyl groups excluding tert-OH is 1. The Bertz CT molecular complexity index is 338. The van der Waals surface area contributed by atoms with E-state index in [2.05, 4.69) is 0 Å². The molecule has 90 valence electrons. The van der Waals surface area contributed by atoms with Crippen LogP contribution in [0.1, 0.15) is 38.7 Å². The van der Waals surface area contributed by atoms with Crippen molar-refractivity contribution in [3.63, 3.8) is 0 Å². The van der Waals surface area contributed by atoms with Gasteiger partial charge in [0.1, 0.15) is 11.7 Å². The van der Waals surface area contributed by atoms with Crippen LogP contribution in [0.2, 0.25) is 0 Å². The summed E-state index contributed by atoms with van der Waals surface area (Å²) in [5.74, 6) is -0.911. The molecule has 0 radical (unpaired) electrons. The van der Waals surface area contributed by atoms with Crippen molar-refractivity contribution >= 4 is 17.3 Å². The molecule has 0 aliphatic heterocycles. The largest absolute Gasteiger partial charge is 0.460 e. The van der Waals surface area contributed by atoms with Gasteiger partial charge < -0.3 is 9.84 Å². The molecule has 0 aliphatic carbocycles. The van der Waals surface area contributed by atoms with Gasteiger partial charge in [-0.2, -0.15) is 0 Å². The molecule has 1 aromatic rings. The minimum absolute atomic E-state index is 0.367. The van der Waals surface area contributed by atoms with Gasteiger partial charge in [-0.1, -0.05) is 6.07 Å². The van der Waals surface area contributed by atoms with Crippen LogP contribution < -0.4 is 0 Å². The highest BCUT2D eigenvalue weighted by molar-refractivity contribution is 7.10. The lowest BCUT2D eigenvalue weighted by Crippen LogP contribution is -2.30. The normalized spacial score (nSPS) is 15.6. The highest BCUT2D eigenvalue weighted by Crippen LogP contribution is 2.27. The van der Waals surface area contributed by atoms with Gasteiger partial charge in [-0.3, -0.25) is 4.79 Å². The Balaban J connectivity index is 2.64. The van der Waals surface area contributed by atoms with Crippen LogP contribution >= 0.6 is 11.3 Å². The molecule has 4 heteroatoms. The fourth-order valence-electron chi connectivity index (χ4n) is 1.23. The Morgan fingerprint density at radius 3 is 2.56 bits per heavy atom. The lowest BCUT2D eigenvalue weighted by atomic mass is 10.0. The van der Waals surface area contributed by atoms with Gasteiger partial charge in [-0.05, 0) is 39.1 Å². The van der Waals surface area contributed by atoms with E-state index in [1.165, 1.54) is 11.3 Å². The smallest absolute Gasteiger partial charge is 0.312 e. The van der Waals surface area contributed by atoms with Gasteiger partial charge in [-0.25, -0.2) is 0 Å². The second-order valence-electron chi connectivity index (χ2n) is 4.78. The second kappa shape index (κ2) is 4.97. The Kier molecular flexibility index (Phi) is 4.10. The molecule has 2 unspecified atom stereocenters. The number of esters is 1. The van der Waals surface area contributed by atoms with E-state index < -0.39 is 17.6 Å². The first-order valence-corrected chi connectivity index (χ1v) is 6.13. The van der Waals surface area contributed by atoms with E-state index in [0.717, 1.165) is 4.88 Å². The maximum atomic E-state index is 11.7. The number of ether oxygens (including phenoxy) is 1. The van der Waals surface area contributed by atoms with Crippen LogP contribution in [0.5, 0.6) is 0 Å². The third kappa shape index (κ3) is 3.61. The third-order valence-electron chi connectivity index (χ3n) is 2.09. The summed E-state index contributed by atoms with van der Waals surface area (Å²) in [4.78, 5) is 12.5. The van der Waals surface area contributed by atoms with E-state index in [1.807, 2.05) is 38.3 Å². The molecule has 3 nitrogen and oxygen atoms in total. The number of carbonyl (C=O) groups excluding carboxylic acids is 1. The summed E-state index contributed by atoms with van der Waals surface area (Å²) < 4.78 is 5.22. The lowest BCUT2D eigenvalue weighted by Gasteiger charge is -2.24. The van der Waals surface area contributed by atoms with E-state index in [1.54, 1.807) is 6.92 Å². The maximum Gasteiger partial charge on any atom is 0.312 e. The van der Waals surface area contributed by atoms with Crippen LogP contribution in [0.3, 0.4) is 0 Å². The van der Waals surface area contributed by atoms with Gasteiger partial charge in [0.15, 0.2) is 0 Å². The molecule has 0 fully saturated rings. The average Bonchev–Trinajstić information content (AvgIpc) is 2.65. The van der Waals surface area contributed by atoms with Crippen LogP contribution in [-0.2, 0) is 9.53 Å². The Morgan fingerprint density at radius 1 is 1.50 bits per heavy atom. The van der Waals surface area contributed by atoms with E-state index in [0.29, 0.717) is 0 Å². The van der Waals surface area contributed by atoms with Crippen molar-refractivity contribution in [3.05, 3.63) is 22.4 Å². The van der Waals surface area contributed by atoms with Crippen LogP contribution in [0, 0.1) is 5.92 Å².